The van der Waals surface area contributed by atoms with E-state index in [-0.39, 0.29) is 5.91 Å². The number of rotatable bonds is 2. The summed E-state index contributed by atoms with van der Waals surface area (Å²) in [4.78, 5) is 20.9. The zero-order chi connectivity index (χ0) is 8.27. The molecule has 1 rings (SSSR count). The van der Waals surface area contributed by atoms with Crippen molar-refractivity contribution in [3.05, 3.63) is 0 Å². The fourth-order valence-corrected chi connectivity index (χ4v) is 0.900. The highest BCUT2D eigenvalue weighted by Gasteiger charge is 2.27. The number of carbonyl (C=O) groups is 2. The first-order valence-electron chi connectivity index (χ1n) is 3.22. The van der Waals surface area contributed by atoms with Gasteiger partial charge in [-0.2, -0.15) is 0 Å². The largest absolute Gasteiger partial charge is 0.344 e. The standard InChI is InChI=1S/C5H10N4O2/c6-4-3(9-2-10)5(11)8-1-7-4/h2-4,7H,1,6H2,(H,8,11)(H,9,10). The predicted molar refractivity (Wildman–Crippen MR) is 37.1 cm³/mol. The van der Waals surface area contributed by atoms with Crippen molar-refractivity contribution in [2.45, 2.75) is 12.2 Å². The van der Waals surface area contributed by atoms with E-state index in [1.165, 1.54) is 0 Å². The van der Waals surface area contributed by atoms with Crippen LogP contribution in [0.4, 0.5) is 0 Å². The highest BCUT2D eigenvalue weighted by molar-refractivity contribution is 5.84. The summed E-state index contributed by atoms with van der Waals surface area (Å²) in [6, 6.07) is -0.666. The Kier molecular flexibility index (Phi) is 2.40. The molecule has 1 aliphatic rings. The molecule has 11 heavy (non-hydrogen) atoms. The van der Waals surface area contributed by atoms with Crippen molar-refractivity contribution in [1.82, 2.24) is 16.0 Å². The van der Waals surface area contributed by atoms with Gasteiger partial charge in [0.2, 0.25) is 12.3 Å². The van der Waals surface area contributed by atoms with Crippen molar-refractivity contribution in [2.24, 2.45) is 5.73 Å². The molecule has 0 aromatic carbocycles. The highest BCUT2D eigenvalue weighted by Crippen LogP contribution is 1.90. The van der Waals surface area contributed by atoms with Crippen LogP contribution in [0.3, 0.4) is 0 Å². The molecule has 5 N–H and O–H groups in total. The van der Waals surface area contributed by atoms with Crippen LogP contribution in [-0.4, -0.2) is 31.2 Å². The van der Waals surface area contributed by atoms with E-state index in [9.17, 15) is 9.59 Å². The van der Waals surface area contributed by atoms with E-state index in [0.29, 0.717) is 13.1 Å². The Morgan fingerprint density at radius 2 is 2.45 bits per heavy atom. The van der Waals surface area contributed by atoms with Crippen molar-refractivity contribution < 1.29 is 9.59 Å². The molecule has 1 saturated heterocycles. The lowest BCUT2D eigenvalue weighted by atomic mass is 10.2. The van der Waals surface area contributed by atoms with E-state index in [2.05, 4.69) is 16.0 Å². The maximum Gasteiger partial charge on any atom is 0.246 e. The number of hydrogen-bond donors (Lipinski definition) is 4. The van der Waals surface area contributed by atoms with Crippen LogP contribution >= 0.6 is 0 Å². The highest BCUT2D eigenvalue weighted by atomic mass is 16.2. The Bertz CT molecular complexity index is 172. The maximum absolute atomic E-state index is 10.9. The number of carbonyl (C=O) groups excluding carboxylic acids is 2. The van der Waals surface area contributed by atoms with Gasteiger partial charge in [-0.1, -0.05) is 0 Å². The molecule has 2 unspecified atom stereocenters. The van der Waals surface area contributed by atoms with Gasteiger partial charge < -0.3 is 16.4 Å². The van der Waals surface area contributed by atoms with E-state index in [4.69, 9.17) is 5.73 Å². The summed E-state index contributed by atoms with van der Waals surface area (Å²) in [5, 5.41) is 7.57. The molecule has 62 valence electrons. The van der Waals surface area contributed by atoms with Crippen LogP contribution in [0, 0.1) is 0 Å². The number of nitrogens with one attached hydrogen (secondary N) is 3. The molecule has 2 amide bonds. The van der Waals surface area contributed by atoms with Gasteiger partial charge in [0, 0.05) is 0 Å². The average molecular weight is 158 g/mol. The van der Waals surface area contributed by atoms with Gasteiger partial charge in [0.1, 0.15) is 6.04 Å². The van der Waals surface area contributed by atoms with Crippen LogP contribution in [0.25, 0.3) is 0 Å². The third-order valence-corrected chi connectivity index (χ3v) is 1.49. The van der Waals surface area contributed by atoms with Crippen molar-refractivity contribution >= 4 is 12.3 Å². The Hall–Kier alpha value is -1.14. The molecular formula is C5H10N4O2. The number of nitrogens with two attached hydrogens (primary N) is 1. The zero-order valence-electron chi connectivity index (χ0n) is 5.83. The fourth-order valence-electron chi connectivity index (χ4n) is 0.900. The lowest BCUT2D eigenvalue weighted by Gasteiger charge is -2.28. The van der Waals surface area contributed by atoms with Gasteiger partial charge >= 0.3 is 0 Å². The first kappa shape index (κ1) is 7.96. The smallest absolute Gasteiger partial charge is 0.246 e. The van der Waals surface area contributed by atoms with E-state index >= 15 is 0 Å². The molecule has 6 nitrogen and oxygen atoms in total. The quantitative estimate of drug-likeness (QED) is 0.323. The molecule has 0 spiro atoms. The Morgan fingerprint density at radius 1 is 1.73 bits per heavy atom. The normalized spacial score (nSPS) is 30.8. The van der Waals surface area contributed by atoms with Gasteiger partial charge in [0.05, 0.1) is 12.8 Å². The minimum Gasteiger partial charge on any atom is -0.344 e. The number of amides is 2. The lowest BCUT2D eigenvalue weighted by molar-refractivity contribution is -0.127. The fraction of sp³-hybridized carbons (Fsp3) is 0.600. The lowest BCUT2D eigenvalue weighted by Crippen LogP contribution is -2.66. The SMILES string of the molecule is NC1NCNC(=O)C1NC=O. The second-order valence-electron chi connectivity index (χ2n) is 2.21. The molecule has 0 radical (unpaired) electrons. The first-order chi connectivity index (χ1) is 5.25. The molecule has 2 atom stereocenters. The van der Waals surface area contributed by atoms with E-state index in [1.54, 1.807) is 0 Å². The van der Waals surface area contributed by atoms with Crippen LogP contribution in [0.2, 0.25) is 0 Å². The maximum atomic E-state index is 10.9. The van der Waals surface area contributed by atoms with Gasteiger partial charge in [0.15, 0.2) is 0 Å². The van der Waals surface area contributed by atoms with Crippen LogP contribution in [0.1, 0.15) is 0 Å². The summed E-state index contributed by atoms with van der Waals surface area (Å²) in [7, 11) is 0. The van der Waals surface area contributed by atoms with Crippen LogP contribution < -0.4 is 21.7 Å². The topological polar surface area (TPSA) is 96.2 Å². The van der Waals surface area contributed by atoms with Crippen LogP contribution in [0.15, 0.2) is 0 Å². The summed E-state index contributed by atoms with van der Waals surface area (Å²) in [6.45, 7) is 0.344. The molecule has 0 aromatic rings. The van der Waals surface area contributed by atoms with Gasteiger partial charge in [-0.05, 0) is 0 Å². The second-order valence-corrected chi connectivity index (χ2v) is 2.21. The minimum atomic E-state index is -0.666. The van der Waals surface area contributed by atoms with Crippen LogP contribution in [-0.2, 0) is 9.59 Å². The summed E-state index contributed by atoms with van der Waals surface area (Å²) in [5.74, 6) is -0.261. The van der Waals surface area contributed by atoms with Gasteiger partial charge in [-0.25, -0.2) is 0 Å². The molecule has 1 heterocycles. The van der Waals surface area contributed by atoms with E-state index in [1.807, 2.05) is 0 Å². The monoisotopic (exact) mass is 158 g/mol. The number of hydrogen-bond acceptors (Lipinski definition) is 4. The molecule has 1 aliphatic heterocycles. The summed E-state index contributed by atoms with van der Waals surface area (Å²) < 4.78 is 0. The predicted octanol–water partition coefficient (Wildman–Crippen LogP) is -2.94. The summed E-state index contributed by atoms with van der Waals surface area (Å²) >= 11 is 0. The molecular weight excluding hydrogens is 148 g/mol. The van der Waals surface area contributed by atoms with Gasteiger partial charge in [-0.15, -0.1) is 0 Å². The van der Waals surface area contributed by atoms with Crippen molar-refractivity contribution in [1.29, 1.82) is 0 Å². The third-order valence-electron chi connectivity index (χ3n) is 1.49. The molecule has 0 aliphatic carbocycles. The first-order valence-corrected chi connectivity index (χ1v) is 3.22. The third kappa shape index (κ3) is 1.66. The molecule has 0 bridgehead atoms. The second kappa shape index (κ2) is 3.31. The Morgan fingerprint density at radius 3 is 3.00 bits per heavy atom. The van der Waals surface area contributed by atoms with E-state index < -0.39 is 12.2 Å². The van der Waals surface area contributed by atoms with Crippen molar-refractivity contribution in [3.63, 3.8) is 0 Å². The van der Waals surface area contributed by atoms with Gasteiger partial charge in [0.25, 0.3) is 0 Å². The Labute approximate surface area is 63.5 Å². The zero-order valence-corrected chi connectivity index (χ0v) is 5.83. The van der Waals surface area contributed by atoms with Crippen LogP contribution in [0.5, 0.6) is 0 Å². The van der Waals surface area contributed by atoms with E-state index in [0.717, 1.165) is 0 Å². The molecule has 0 aromatic heterocycles. The average Bonchev–Trinajstić information content (AvgIpc) is 1.97. The minimum absolute atomic E-state index is 0.261. The molecule has 0 saturated carbocycles. The summed E-state index contributed by atoms with van der Waals surface area (Å²) in [5.41, 5.74) is 5.46. The van der Waals surface area contributed by atoms with Crippen molar-refractivity contribution in [3.8, 4) is 0 Å². The summed E-state index contributed by atoms with van der Waals surface area (Å²) in [6.07, 6.45) is -0.0501. The van der Waals surface area contributed by atoms with Gasteiger partial charge in [-0.3, -0.25) is 14.9 Å². The van der Waals surface area contributed by atoms with Crippen molar-refractivity contribution in [2.75, 3.05) is 6.67 Å². The molecule has 1 fully saturated rings. The molecule has 6 heteroatoms. The Balaban J connectivity index is 2.54.